The maximum atomic E-state index is 5.26. The van der Waals surface area contributed by atoms with Crippen LogP contribution in [0.5, 0.6) is 0 Å². The Morgan fingerprint density at radius 3 is 2.00 bits per heavy atom. The number of halogens is 1. The number of alkyl halides is 1. The molecule has 56 valence electrons. The Morgan fingerprint density at radius 2 is 1.89 bits per heavy atom. The van der Waals surface area contributed by atoms with Gasteiger partial charge in [-0.1, -0.05) is 13.8 Å². The second-order valence-electron chi connectivity index (χ2n) is 1.90. The van der Waals surface area contributed by atoms with E-state index < -0.39 is 0 Å². The van der Waals surface area contributed by atoms with Crippen molar-refractivity contribution < 1.29 is 4.84 Å². The SMILES string of the molecule is CCC(I)(CC)ONC. The van der Waals surface area contributed by atoms with Crippen molar-refractivity contribution in [2.45, 2.75) is 30.3 Å². The third-order valence-corrected chi connectivity index (χ3v) is 3.09. The standard InChI is InChI=1S/C6H14INO/c1-4-6(7,5-2)9-8-3/h8H,4-5H2,1-3H3. The number of hydrogen-bond donors (Lipinski definition) is 1. The zero-order chi connectivity index (χ0) is 7.33. The quantitative estimate of drug-likeness (QED) is 0.463. The van der Waals surface area contributed by atoms with Crippen molar-refractivity contribution >= 4 is 22.6 Å². The Balaban J connectivity index is 3.62. The summed E-state index contributed by atoms with van der Waals surface area (Å²) in [6.07, 6.45) is 2.07. The summed E-state index contributed by atoms with van der Waals surface area (Å²) in [6.45, 7) is 4.24. The van der Waals surface area contributed by atoms with E-state index in [2.05, 4.69) is 41.9 Å². The Morgan fingerprint density at radius 1 is 1.44 bits per heavy atom. The summed E-state index contributed by atoms with van der Waals surface area (Å²) in [5, 5.41) is 0. The maximum Gasteiger partial charge on any atom is 0.139 e. The van der Waals surface area contributed by atoms with E-state index in [0.29, 0.717) is 0 Å². The van der Waals surface area contributed by atoms with E-state index in [0.717, 1.165) is 12.8 Å². The van der Waals surface area contributed by atoms with Gasteiger partial charge in [-0.3, -0.25) is 4.84 Å². The van der Waals surface area contributed by atoms with Crippen LogP contribution in [0.3, 0.4) is 0 Å². The molecule has 3 heteroatoms. The number of rotatable bonds is 4. The van der Waals surface area contributed by atoms with Crippen LogP contribution in [0.15, 0.2) is 0 Å². The first kappa shape index (κ1) is 9.65. The first-order valence-corrected chi connectivity index (χ1v) is 4.30. The molecule has 0 unspecified atom stereocenters. The highest BCUT2D eigenvalue weighted by Gasteiger charge is 2.21. The smallest absolute Gasteiger partial charge is 0.139 e. The highest BCUT2D eigenvalue weighted by atomic mass is 127. The van der Waals surface area contributed by atoms with Crippen LogP contribution in [-0.4, -0.2) is 10.7 Å². The Bertz CT molecular complexity index is 73.5. The highest BCUT2D eigenvalue weighted by molar-refractivity contribution is 14.1. The molecule has 0 aliphatic rings. The molecular formula is C6H14INO. The van der Waals surface area contributed by atoms with Crippen LogP contribution < -0.4 is 5.48 Å². The second-order valence-corrected chi connectivity index (χ2v) is 3.86. The first-order valence-electron chi connectivity index (χ1n) is 3.22. The predicted octanol–water partition coefficient (Wildman–Crippen LogP) is 2.09. The van der Waals surface area contributed by atoms with Crippen molar-refractivity contribution in [3.05, 3.63) is 0 Å². The lowest BCUT2D eigenvalue weighted by Gasteiger charge is -2.23. The lowest BCUT2D eigenvalue weighted by atomic mass is 10.2. The van der Waals surface area contributed by atoms with E-state index >= 15 is 0 Å². The van der Waals surface area contributed by atoms with E-state index in [1.54, 1.807) is 7.05 Å². The Labute approximate surface area is 70.4 Å². The topological polar surface area (TPSA) is 21.3 Å². The molecule has 0 saturated heterocycles. The normalized spacial score (nSPS) is 12.0. The van der Waals surface area contributed by atoms with Gasteiger partial charge in [-0.2, -0.15) is 0 Å². The van der Waals surface area contributed by atoms with Gasteiger partial charge in [0.05, 0.1) is 0 Å². The van der Waals surface area contributed by atoms with Gasteiger partial charge in [0.15, 0.2) is 0 Å². The molecule has 0 aromatic rings. The molecular weight excluding hydrogens is 229 g/mol. The van der Waals surface area contributed by atoms with Crippen molar-refractivity contribution in [3.63, 3.8) is 0 Å². The molecule has 0 atom stereocenters. The molecule has 0 amide bonds. The average molecular weight is 243 g/mol. The predicted molar refractivity (Wildman–Crippen MR) is 47.5 cm³/mol. The molecule has 0 bridgehead atoms. The first-order chi connectivity index (χ1) is 4.18. The van der Waals surface area contributed by atoms with Gasteiger partial charge in [-0.05, 0) is 35.4 Å². The van der Waals surface area contributed by atoms with Crippen molar-refractivity contribution in [2.75, 3.05) is 7.05 Å². The molecule has 0 heterocycles. The number of hydrogen-bond acceptors (Lipinski definition) is 2. The molecule has 0 aromatic carbocycles. The zero-order valence-corrected chi connectivity index (χ0v) is 8.36. The number of nitrogens with one attached hydrogen (secondary N) is 1. The monoisotopic (exact) mass is 243 g/mol. The molecule has 9 heavy (non-hydrogen) atoms. The van der Waals surface area contributed by atoms with E-state index in [9.17, 15) is 0 Å². The van der Waals surface area contributed by atoms with Gasteiger partial charge in [-0.25, -0.2) is 5.48 Å². The summed E-state index contributed by atoms with van der Waals surface area (Å²) >= 11 is 2.32. The van der Waals surface area contributed by atoms with Crippen LogP contribution in [0, 0.1) is 0 Å². The summed E-state index contributed by atoms with van der Waals surface area (Å²) in [6, 6.07) is 0. The van der Waals surface area contributed by atoms with Gasteiger partial charge in [-0.15, -0.1) is 0 Å². The van der Waals surface area contributed by atoms with Crippen molar-refractivity contribution in [3.8, 4) is 0 Å². The van der Waals surface area contributed by atoms with E-state index in [-0.39, 0.29) is 3.61 Å². The molecule has 0 spiro atoms. The molecule has 0 aliphatic heterocycles. The van der Waals surface area contributed by atoms with Gasteiger partial charge in [0.2, 0.25) is 0 Å². The summed E-state index contributed by atoms with van der Waals surface area (Å²) in [5.74, 6) is 0. The fraction of sp³-hybridized carbons (Fsp3) is 1.00. The molecule has 0 radical (unpaired) electrons. The molecule has 0 rings (SSSR count). The summed E-state index contributed by atoms with van der Waals surface area (Å²) < 4.78 is -0.00743. The molecule has 2 nitrogen and oxygen atoms in total. The van der Waals surface area contributed by atoms with Crippen LogP contribution >= 0.6 is 22.6 Å². The summed E-state index contributed by atoms with van der Waals surface area (Å²) in [4.78, 5) is 5.26. The van der Waals surface area contributed by atoms with Gasteiger partial charge < -0.3 is 0 Å². The minimum atomic E-state index is -0.00743. The van der Waals surface area contributed by atoms with Crippen LogP contribution in [0.25, 0.3) is 0 Å². The molecule has 0 aromatic heterocycles. The molecule has 1 N–H and O–H groups in total. The third kappa shape index (κ3) is 3.37. The van der Waals surface area contributed by atoms with E-state index in [1.165, 1.54) is 0 Å². The van der Waals surface area contributed by atoms with Gasteiger partial charge in [0.25, 0.3) is 0 Å². The molecule has 0 saturated carbocycles. The highest BCUT2D eigenvalue weighted by Crippen LogP contribution is 2.26. The van der Waals surface area contributed by atoms with Crippen molar-refractivity contribution in [1.82, 2.24) is 5.48 Å². The fourth-order valence-corrected chi connectivity index (χ4v) is 0.797. The van der Waals surface area contributed by atoms with E-state index in [4.69, 9.17) is 4.84 Å². The Hall–Kier alpha value is 0.650. The largest absolute Gasteiger partial charge is 0.285 e. The van der Waals surface area contributed by atoms with Crippen LogP contribution in [0.2, 0.25) is 0 Å². The lowest BCUT2D eigenvalue weighted by Crippen LogP contribution is -2.28. The van der Waals surface area contributed by atoms with Crippen LogP contribution in [0.1, 0.15) is 26.7 Å². The van der Waals surface area contributed by atoms with Gasteiger partial charge >= 0.3 is 0 Å². The van der Waals surface area contributed by atoms with Crippen molar-refractivity contribution in [2.24, 2.45) is 0 Å². The minimum Gasteiger partial charge on any atom is -0.285 e. The maximum absolute atomic E-state index is 5.26. The van der Waals surface area contributed by atoms with Gasteiger partial charge in [0.1, 0.15) is 3.61 Å². The van der Waals surface area contributed by atoms with Crippen LogP contribution in [0.4, 0.5) is 0 Å². The average Bonchev–Trinajstić information content (AvgIpc) is 1.89. The Kier molecular flexibility index (Phi) is 4.79. The zero-order valence-electron chi connectivity index (χ0n) is 6.20. The van der Waals surface area contributed by atoms with E-state index in [1.807, 2.05) is 0 Å². The van der Waals surface area contributed by atoms with Crippen molar-refractivity contribution in [1.29, 1.82) is 0 Å². The van der Waals surface area contributed by atoms with Gasteiger partial charge in [0, 0.05) is 7.05 Å². The fourth-order valence-electron chi connectivity index (χ4n) is 0.577. The number of hydroxylamine groups is 1. The third-order valence-electron chi connectivity index (χ3n) is 1.34. The van der Waals surface area contributed by atoms with Crippen LogP contribution in [-0.2, 0) is 4.84 Å². The molecule has 0 fully saturated rings. The summed E-state index contributed by atoms with van der Waals surface area (Å²) in [5.41, 5.74) is 2.70. The minimum absolute atomic E-state index is 0.00743. The molecule has 0 aliphatic carbocycles. The summed E-state index contributed by atoms with van der Waals surface area (Å²) in [7, 11) is 1.79. The second kappa shape index (κ2) is 4.46. The lowest BCUT2D eigenvalue weighted by molar-refractivity contribution is -0.0277.